The summed E-state index contributed by atoms with van der Waals surface area (Å²) >= 11 is 5.85. The molecular weight excluding hydrogens is 372 g/mol. The van der Waals surface area contributed by atoms with Crippen molar-refractivity contribution in [2.24, 2.45) is 0 Å². The molecular formula is C19H23ClN2O3S. The first-order valence-corrected chi connectivity index (χ1v) is 10.4. The number of anilines is 1. The summed E-state index contributed by atoms with van der Waals surface area (Å²) < 4.78 is 25.3. The van der Waals surface area contributed by atoms with Gasteiger partial charge in [-0.1, -0.05) is 35.4 Å². The molecule has 2 aromatic carbocycles. The SMILES string of the molecule is Cc1ccc(C)c([C@@H](C)NC(=O)CN(c2ccc(Cl)cc2)S(C)(=O)=O)c1. The molecule has 0 aliphatic rings. The fraction of sp³-hybridized carbons (Fsp3) is 0.316. The van der Waals surface area contributed by atoms with Gasteiger partial charge in [-0.2, -0.15) is 0 Å². The van der Waals surface area contributed by atoms with E-state index in [0.717, 1.165) is 27.3 Å². The number of nitrogens with one attached hydrogen (secondary N) is 1. The summed E-state index contributed by atoms with van der Waals surface area (Å²) in [4.78, 5) is 12.5. The Morgan fingerprint density at radius 3 is 2.35 bits per heavy atom. The van der Waals surface area contributed by atoms with Crippen LogP contribution in [0.1, 0.15) is 29.7 Å². The van der Waals surface area contributed by atoms with Crippen molar-refractivity contribution in [3.05, 3.63) is 64.2 Å². The predicted molar refractivity (Wildman–Crippen MR) is 106 cm³/mol. The molecule has 0 bridgehead atoms. The number of hydrogen-bond acceptors (Lipinski definition) is 3. The van der Waals surface area contributed by atoms with Gasteiger partial charge in [0.25, 0.3) is 0 Å². The fourth-order valence-electron chi connectivity index (χ4n) is 2.73. The summed E-state index contributed by atoms with van der Waals surface area (Å²) in [7, 11) is -3.61. The Labute approximate surface area is 160 Å². The van der Waals surface area contributed by atoms with E-state index in [2.05, 4.69) is 5.32 Å². The zero-order chi connectivity index (χ0) is 19.5. The van der Waals surface area contributed by atoms with E-state index in [9.17, 15) is 13.2 Å². The average molecular weight is 395 g/mol. The molecule has 2 aromatic rings. The lowest BCUT2D eigenvalue weighted by Gasteiger charge is -2.24. The lowest BCUT2D eigenvalue weighted by atomic mass is 10.00. The molecule has 0 heterocycles. The van der Waals surface area contributed by atoms with E-state index in [1.807, 2.05) is 39.0 Å². The lowest BCUT2D eigenvalue weighted by Crippen LogP contribution is -2.41. The highest BCUT2D eigenvalue weighted by Crippen LogP contribution is 2.21. The Morgan fingerprint density at radius 1 is 1.15 bits per heavy atom. The molecule has 1 amide bonds. The Hall–Kier alpha value is -2.05. The molecule has 140 valence electrons. The van der Waals surface area contributed by atoms with Crippen molar-refractivity contribution >= 4 is 33.2 Å². The monoisotopic (exact) mass is 394 g/mol. The van der Waals surface area contributed by atoms with E-state index >= 15 is 0 Å². The van der Waals surface area contributed by atoms with Crippen molar-refractivity contribution in [1.82, 2.24) is 5.32 Å². The fourth-order valence-corrected chi connectivity index (χ4v) is 3.71. The first kappa shape index (κ1) is 20.3. The third kappa shape index (κ3) is 5.22. The van der Waals surface area contributed by atoms with Crippen LogP contribution in [0, 0.1) is 13.8 Å². The Bertz CT molecular complexity index is 896. The Balaban J connectivity index is 2.17. The number of benzene rings is 2. The second-order valence-corrected chi connectivity index (χ2v) is 8.74. The maximum atomic E-state index is 12.5. The molecule has 1 N–H and O–H groups in total. The molecule has 0 spiro atoms. The zero-order valence-corrected chi connectivity index (χ0v) is 16.9. The maximum Gasteiger partial charge on any atom is 0.241 e. The van der Waals surface area contributed by atoms with Crippen molar-refractivity contribution < 1.29 is 13.2 Å². The molecule has 7 heteroatoms. The minimum Gasteiger partial charge on any atom is -0.348 e. The normalized spacial score (nSPS) is 12.5. The third-order valence-electron chi connectivity index (χ3n) is 4.08. The van der Waals surface area contributed by atoms with Crippen molar-refractivity contribution in [2.45, 2.75) is 26.8 Å². The highest BCUT2D eigenvalue weighted by Gasteiger charge is 2.22. The molecule has 0 fully saturated rings. The quantitative estimate of drug-likeness (QED) is 0.813. The number of carbonyl (C=O) groups excluding carboxylic acids is 1. The van der Waals surface area contributed by atoms with Gasteiger partial charge in [0, 0.05) is 5.02 Å². The number of carbonyl (C=O) groups is 1. The highest BCUT2D eigenvalue weighted by molar-refractivity contribution is 7.92. The summed E-state index contributed by atoms with van der Waals surface area (Å²) in [5, 5.41) is 3.37. The summed E-state index contributed by atoms with van der Waals surface area (Å²) in [5.74, 6) is -0.376. The molecule has 26 heavy (non-hydrogen) atoms. The molecule has 0 saturated heterocycles. The molecule has 0 unspecified atom stereocenters. The number of hydrogen-bond donors (Lipinski definition) is 1. The van der Waals surface area contributed by atoms with Crippen LogP contribution in [-0.2, 0) is 14.8 Å². The molecule has 0 aliphatic carbocycles. The van der Waals surface area contributed by atoms with E-state index < -0.39 is 10.0 Å². The Morgan fingerprint density at radius 2 is 1.77 bits per heavy atom. The van der Waals surface area contributed by atoms with Crippen LogP contribution in [0.2, 0.25) is 5.02 Å². The van der Waals surface area contributed by atoms with Crippen molar-refractivity contribution in [2.75, 3.05) is 17.1 Å². The molecule has 0 saturated carbocycles. The van der Waals surface area contributed by atoms with Crippen LogP contribution in [0.25, 0.3) is 0 Å². The maximum absolute atomic E-state index is 12.5. The zero-order valence-electron chi connectivity index (χ0n) is 15.3. The second kappa shape index (κ2) is 8.10. The minimum atomic E-state index is -3.61. The predicted octanol–water partition coefficient (Wildman–Crippen LogP) is 3.60. The van der Waals surface area contributed by atoms with Gasteiger partial charge in [-0.3, -0.25) is 9.10 Å². The molecule has 0 aromatic heterocycles. The van der Waals surface area contributed by atoms with Gasteiger partial charge in [-0.25, -0.2) is 8.42 Å². The minimum absolute atomic E-state index is 0.228. The van der Waals surface area contributed by atoms with Gasteiger partial charge < -0.3 is 5.32 Å². The van der Waals surface area contributed by atoms with Crippen LogP contribution < -0.4 is 9.62 Å². The van der Waals surface area contributed by atoms with Crippen molar-refractivity contribution in [3.8, 4) is 0 Å². The molecule has 5 nitrogen and oxygen atoms in total. The van der Waals surface area contributed by atoms with Crippen molar-refractivity contribution in [1.29, 1.82) is 0 Å². The molecule has 2 rings (SSSR count). The van der Waals surface area contributed by atoms with E-state index in [0.29, 0.717) is 10.7 Å². The largest absolute Gasteiger partial charge is 0.348 e. The van der Waals surface area contributed by atoms with E-state index in [-0.39, 0.29) is 18.5 Å². The van der Waals surface area contributed by atoms with Crippen LogP contribution in [0.15, 0.2) is 42.5 Å². The summed E-state index contributed by atoms with van der Waals surface area (Å²) in [5.41, 5.74) is 3.58. The standard InChI is InChI=1S/C19H23ClN2O3S/c1-13-5-6-14(2)18(11-13)15(3)21-19(23)12-22(26(4,24)25)17-9-7-16(20)8-10-17/h5-11,15H,12H2,1-4H3,(H,21,23)/t15-/m1/s1. The molecule has 0 aliphatic heterocycles. The summed E-state index contributed by atoms with van der Waals surface area (Å²) in [6, 6.07) is 12.1. The first-order chi connectivity index (χ1) is 12.1. The number of sulfonamides is 1. The van der Waals surface area contributed by atoms with Crippen LogP contribution in [-0.4, -0.2) is 27.1 Å². The van der Waals surface area contributed by atoms with Gasteiger partial charge in [0.15, 0.2) is 0 Å². The number of amides is 1. The smallest absolute Gasteiger partial charge is 0.241 e. The number of rotatable bonds is 6. The van der Waals surface area contributed by atoms with E-state index in [1.165, 1.54) is 0 Å². The summed E-state index contributed by atoms with van der Waals surface area (Å²) in [6.07, 6.45) is 1.07. The van der Waals surface area contributed by atoms with Crippen LogP contribution >= 0.6 is 11.6 Å². The van der Waals surface area contributed by atoms with Gasteiger partial charge in [-0.15, -0.1) is 0 Å². The third-order valence-corrected chi connectivity index (χ3v) is 5.47. The Kier molecular flexibility index (Phi) is 6.31. The summed E-state index contributed by atoms with van der Waals surface area (Å²) in [6.45, 7) is 5.56. The van der Waals surface area contributed by atoms with E-state index in [4.69, 9.17) is 11.6 Å². The molecule has 1 atom stereocenters. The molecule has 0 radical (unpaired) electrons. The van der Waals surface area contributed by atoms with Gasteiger partial charge in [0.1, 0.15) is 6.54 Å². The van der Waals surface area contributed by atoms with Gasteiger partial charge in [0.2, 0.25) is 15.9 Å². The average Bonchev–Trinajstić information content (AvgIpc) is 2.55. The van der Waals surface area contributed by atoms with Crippen LogP contribution in [0.4, 0.5) is 5.69 Å². The number of nitrogens with zero attached hydrogens (tertiary/aromatic N) is 1. The van der Waals surface area contributed by atoms with Gasteiger partial charge >= 0.3 is 0 Å². The second-order valence-electron chi connectivity index (χ2n) is 6.40. The van der Waals surface area contributed by atoms with Crippen molar-refractivity contribution in [3.63, 3.8) is 0 Å². The van der Waals surface area contributed by atoms with E-state index in [1.54, 1.807) is 24.3 Å². The van der Waals surface area contributed by atoms with Gasteiger partial charge in [-0.05, 0) is 56.2 Å². The lowest BCUT2D eigenvalue weighted by molar-refractivity contribution is -0.120. The first-order valence-electron chi connectivity index (χ1n) is 8.17. The highest BCUT2D eigenvalue weighted by atomic mass is 35.5. The number of halogens is 1. The van der Waals surface area contributed by atoms with Crippen LogP contribution in [0.5, 0.6) is 0 Å². The topological polar surface area (TPSA) is 66.5 Å². The number of aryl methyl sites for hydroxylation is 2. The van der Waals surface area contributed by atoms with Gasteiger partial charge in [0.05, 0.1) is 18.0 Å². The van der Waals surface area contributed by atoms with Crippen LogP contribution in [0.3, 0.4) is 0 Å².